The Hall–Kier alpha value is -2.79. The number of aromatic nitrogens is 2. The number of halogens is 1. The molecule has 29 heavy (non-hydrogen) atoms. The van der Waals surface area contributed by atoms with E-state index in [0.29, 0.717) is 30.3 Å². The second kappa shape index (κ2) is 9.61. The van der Waals surface area contributed by atoms with Crippen molar-refractivity contribution >= 4 is 17.5 Å². The maximum absolute atomic E-state index is 12.4. The molecule has 1 heterocycles. The lowest BCUT2D eigenvalue weighted by Crippen LogP contribution is -2.25. The highest BCUT2D eigenvalue weighted by Crippen LogP contribution is 2.20. The Kier molecular flexibility index (Phi) is 6.94. The summed E-state index contributed by atoms with van der Waals surface area (Å²) in [6.45, 7) is 7.63. The number of aryl methyl sites for hydroxylation is 4. The monoisotopic (exact) mass is 411 g/mol. The molecule has 0 aliphatic heterocycles. The Morgan fingerprint density at radius 3 is 2.76 bits per heavy atom. The van der Waals surface area contributed by atoms with Crippen LogP contribution in [0.3, 0.4) is 0 Å². The molecule has 1 aromatic heterocycles. The van der Waals surface area contributed by atoms with Gasteiger partial charge in [0.15, 0.2) is 0 Å². The standard InChI is InChI=1S/C23H26ClN3O2/c1-16-8-9-17(2)22(12-16)29-15-19-6-4-7-20(13-19)23(28)25-10-5-11-27-14-21(24)18(3)26-27/h4,6-9,12-14H,5,10-11,15H2,1-3H3,(H,25,28). The third-order valence-electron chi connectivity index (χ3n) is 4.66. The molecule has 3 rings (SSSR count). The molecule has 2 aromatic carbocycles. The molecule has 0 saturated heterocycles. The Morgan fingerprint density at radius 2 is 2.00 bits per heavy atom. The summed E-state index contributed by atoms with van der Waals surface area (Å²) in [4.78, 5) is 12.4. The fourth-order valence-electron chi connectivity index (χ4n) is 2.98. The van der Waals surface area contributed by atoms with E-state index < -0.39 is 0 Å². The summed E-state index contributed by atoms with van der Waals surface area (Å²) in [5.74, 6) is 0.780. The van der Waals surface area contributed by atoms with Gasteiger partial charge >= 0.3 is 0 Å². The fourth-order valence-corrected chi connectivity index (χ4v) is 3.13. The first-order valence-corrected chi connectivity index (χ1v) is 10.1. The molecule has 0 atom stereocenters. The minimum atomic E-state index is -0.0896. The van der Waals surface area contributed by atoms with E-state index in [1.807, 2.05) is 57.2 Å². The number of rotatable bonds is 8. The SMILES string of the molecule is Cc1ccc(C)c(OCc2cccc(C(=O)NCCCn3cc(Cl)c(C)n3)c2)c1. The molecule has 0 aliphatic rings. The van der Waals surface area contributed by atoms with Gasteiger partial charge in [0.25, 0.3) is 5.91 Å². The van der Waals surface area contributed by atoms with Crippen LogP contribution in [0.1, 0.15) is 39.2 Å². The second-order valence-electron chi connectivity index (χ2n) is 7.19. The molecular formula is C23H26ClN3O2. The van der Waals surface area contributed by atoms with Crippen LogP contribution in [0.2, 0.25) is 5.02 Å². The van der Waals surface area contributed by atoms with E-state index in [4.69, 9.17) is 16.3 Å². The predicted octanol–water partition coefficient (Wildman–Crippen LogP) is 4.86. The zero-order chi connectivity index (χ0) is 20.8. The van der Waals surface area contributed by atoms with Gasteiger partial charge in [-0.15, -0.1) is 0 Å². The Bertz CT molecular complexity index is 978. The van der Waals surface area contributed by atoms with Gasteiger partial charge < -0.3 is 10.1 Å². The van der Waals surface area contributed by atoms with Crippen LogP contribution in [-0.4, -0.2) is 22.2 Å². The van der Waals surface area contributed by atoms with Crippen LogP contribution in [0.5, 0.6) is 5.75 Å². The highest BCUT2D eigenvalue weighted by Gasteiger charge is 2.08. The van der Waals surface area contributed by atoms with Crippen molar-refractivity contribution in [2.45, 2.75) is 40.3 Å². The van der Waals surface area contributed by atoms with Crippen molar-refractivity contribution < 1.29 is 9.53 Å². The van der Waals surface area contributed by atoms with Crippen molar-refractivity contribution in [1.29, 1.82) is 0 Å². The number of carbonyl (C=O) groups excluding carboxylic acids is 1. The largest absolute Gasteiger partial charge is 0.489 e. The maximum Gasteiger partial charge on any atom is 0.251 e. The second-order valence-corrected chi connectivity index (χ2v) is 7.60. The van der Waals surface area contributed by atoms with E-state index in [1.54, 1.807) is 10.9 Å². The molecule has 152 valence electrons. The zero-order valence-corrected chi connectivity index (χ0v) is 17.8. The Balaban J connectivity index is 1.50. The number of nitrogens with zero attached hydrogens (tertiary/aromatic N) is 2. The molecule has 5 nitrogen and oxygen atoms in total. The molecule has 0 aliphatic carbocycles. The molecule has 1 N–H and O–H groups in total. The van der Waals surface area contributed by atoms with Crippen molar-refractivity contribution in [2.75, 3.05) is 6.54 Å². The molecule has 0 radical (unpaired) electrons. The predicted molar refractivity (Wildman–Crippen MR) is 116 cm³/mol. The molecule has 0 bridgehead atoms. The molecule has 3 aromatic rings. The minimum absolute atomic E-state index is 0.0896. The smallest absolute Gasteiger partial charge is 0.251 e. The van der Waals surface area contributed by atoms with Gasteiger partial charge in [-0.1, -0.05) is 35.9 Å². The number of amides is 1. The molecule has 0 saturated carbocycles. The van der Waals surface area contributed by atoms with Gasteiger partial charge in [0.2, 0.25) is 0 Å². The van der Waals surface area contributed by atoms with Gasteiger partial charge in [-0.2, -0.15) is 5.10 Å². The number of hydrogen-bond acceptors (Lipinski definition) is 3. The summed E-state index contributed by atoms with van der Waals surface area (Å²) in [6, 6.07) is 13.7. The lowest BCUT2D eigenvalue weighted by atomic mass is 10.1. The molecule has 0 fully saturated rings. The third-order valence-corrected chi connectivity index (χ3v) is 5.03. The van der Waals surface area contributed by atoms with E-state index in [9.17, 15) is 4.79 Å². The number of nitrogens with one attached hydrogen (secondary N) is 1. The van der Waals surface area contributed by atoms with E-state index in [0.717, 1.165) is 34.6 Å². The average molecular weight is 412 g/mol. The van der Waals surface area contributed by atoms with Crippen molar-refractivity contribution in [1.82, 2.24) is 15.1 Å². The topological polar surface area (TPSA) is 56.1 Å². The van der Waals surface area contributed by atoms with Crippen LogP contribution < -0.4 is 10.1 Å². The molecule has 0 unspecified atom stereocenters. The number of carbonyl (C=O) groups is 1. The average Bonchev–Trinajstić information content (AvgIpc) is 3.03. The lowest BCUT2D eigenvalue weighted by molar-refractivity contribution is 0.0952. The molecule has 6 heteroatoms. The van der Waals surface area contributed by atoms with Gasteiger partial charge in [-0.25, -0.2) is 0 Å². The van der Waals surface area contributed by atoms with Crippen LogP contribution >= 0.6 is 11.6 Å². The van der Waals surface area contributed by atoms with Gasteiger partial charge in [0.05, 0.1) is 10.7 Å². The lowest BCUT2D eigenvalue weighted by Gasteiger charge is -2.11. The number of ether oxygens (including phenoxy) is 1. The zero-order valence-electron chi connectivity index (χ0n) is 17.0. The van der Waals surface area contributed by atoms with Crippen LogP contribution in [0.4, 0.5) is 0 Å². The first kappa shape index (κ1) is 20.9. The van der Waals surface area contributed by atoms with E-state index >= 15 is 0 Å². The Labute approximate surface area is 176 Å². The quantitative estimate of drug-likeness (QED) is 0.538. The van der Waals surface area contributed by atoms with Crippen LogP contribution in [0, 0.1) is 20.8 Å². The highest BCUT2D eigenvalue weighted by atomic mass is 35.5. The van der Waals surface area contributed by atoms with E-state index in [-0.39, 0.29) is 5.91 Å². The normalized spacial score (nSPS) is 10.8. The van der Waals surface area contributed by atoms with Gasteiger partial charge in [0.1, 0.15) is 12.4 Å². The van der Waals surface area contributed by atoms with Gasteiger partial charge in [-0.3, -0.25) is 9.48 Å². The summed E-state index contributed by atoms with van der Waals surface area (Å²) in [5, 5.41) is 7.93. The molecular weight excluding hydrogens is 386 g/mol. The summed E-state index contributed by atoms with van der Waals surface area (Å²) in [5.41, 5.74) is 4.66. The highest BCUT2D eigenvalue weighted by molar-refractivity contribution is 6.31. The van der Waals surface area contributed by atoms with Crippen molar-refractivity contribution in [3.05, 3.63) is 81.6 Å². The van der Waals surface area contributed by atoms with E-state index in [2.05, 4.69) is 16.5 Å². The van der Waals surface area contributed by atoms with Gasteiger partial charge in [0, 0.05) is 24.8 Å². The van der Waals surface area contributed by atoms with Crippen LogP contribution in [-0.2, 0) is 13.2 Å². The number of benzene rings is 2. The summed E-state index contributed by atoms with van der Waals surface area (Å²) in [6.07, 6.45) is 2.58. The summed E-state index contributed by atoms with van der Waals surface area (Å²) in [7, 11) is 0. The van der Waals surface area contributed by atoms with Crippen molar-refractivity contribution in [2.24, 2.45) is 0 Å². The fraction of sp³-hybridized carbons (Fsp3) is 0.304. The van der Waals surface area contributed by atoms with Crippen LogP contribution in [0.15, 0.2) is 48.7 Å². The molecule has 0 spiro atoms. The molecule has 1 amide bonds. The van der Waals surface area contributed by atoms with Gasteiger partial charge in [-0.05, 0) is 62.1 Å². The third kappa shape index (κ3) is 5.84. The number of hydrogen-bond donors (Lipinski definition) is 1. The van der Waals surface area contributed by atoms with E-state index in [1.165, 1.54) is 0 Å². The van der Waals surface area contributed by atoms with Crippen molar-refractivity contribution in [3.63, 3.8) is 0 Å². The first-order chi connectivity index (χ1) is 13.9. The Morgan fingerprint density at radius 1 is 1.17 bits per heavy atom. The maximum atomic E-state index is 12.4. The van der Waals surface area contributed by atoms with Crippen LogP contribution in [0.25, 0.3) is 0 Å². The summed E-state index contributed by atoms with van der Waals surface area (Å²) >= 11 is 6.01. The first-order valence-electron chi connectivity index (χ1n) is 9.69. The minimum Gasteiger partial charge on any atom is -0.489 e. The van der Waals surface area contributed by atoms with Crippen molar-refractivity contribution in [3.8, 4) is 5.75 Å². The summed E-state index contributed by atoms with van der Waals surface area (Å²) < 4.78 is 7.75.